The summed E-state index contributed by atoms with van der Waals surface area (Å²) in [7, 11) is 2.22. The van der Waals surface area contributed by atoms with E-state index in [9.17, 15) is 0 Å². The zero-order valence-electron chi connectivity index (χ0n) is 16.7. The molecule has 0 unspecified atom stereocenters. The summed E-state index contributed by atoms with van der Waals surface area (Å²) in [6.45, 7) is 20.1. The topological polar surface area (TPSA) is 3.24 Å². The van der Waals surface area contributed by atoms with Crippen LogP contribution in [0.5, 0.6) is 0 Å². The summed E-state index contributed by atoms with van der Waals surface area (Å²) in [6.07, 6.45) is 9.89. The molecule has 128 valence electrons. The molecule has 0 heterocycles. The van der Waals surface area contributed by atoms with Crippen LogP contribution < -0.4 is 0 Å². The predicted octanol–water partition coefficient (Wildman–Crippen LogP) is 7.16. The van der Waals surface area contributed by atoms with E-state index in [0.29, 0.717) is 6.04 Å². The lowest BCUT2D eigenvalue weighted by molar-refractivity contribution is 0.267. The summed E-state index contributed by atoms with van der Waals surface area (Å²) >= 11 is 0. The van der Waals surface area contributed by atoms with Gasteiger partial charge in [0.25, 0.3) is 0 Å². The van der Waals surface area contributed by atoms with Crippen molar-refractivity contribution >= 4 is 0 Å². The van der Waals surface area contributed by atoms with E-state index in [1.807, 2.05) is 41.5 Å². The van der Waals surface area contributed by atoms with Gasteiger partial charge >= 0.3 is 0 Å². The second-order valence-electron chi connectivity index (χ2n) is 4.70. The van der Waals surface area contributed by atoms with Crippen molar-refractivity contribution in [2.75, 3.05) is 13.6 Å². The van der Waals surface area contributed by atoms with Crippen LogP contribution >= 0.6 is 0 Å². The van der Waals surface area contributed by atoms with E-state index in [2.05, 4.69) is 32.7 Å². The molecule has 1 heteroatoms. The Morgan fingerprint density at radius 3 is 1.35 bits per heavy atom. The maximum atomic E-state index is 2.44. The molecule has 0 aliphatic heterocycles. The SMILES string of the molecule is CC.CC.CC.CCCCCCCCCN(C)C(C)C. The van der Waals surface area contributed by atoms with E-state index in [-0.39, 0.29) is 0 Å². The lowest BCUT2D eigenvalue weighted by Gasteiger charge is -2.20. The maximum Gasteiger partial charge on any atom is 0.00355 e. The van der Waals surface area contributed by atoms with Crippen molar-refractivity contribution in [3.8, 4) is 0 Å². The molecular formula is C19H47N. The fourth-order valence-corrected chi connectivity index (χ4v) is 1.58. The highest BCUT2D eigenvalue weighted by Gasteiger charge is 2.01. The standard InChI is InChI=1S/C13H29N.3C2H6/c1-5-6-7-8-9-10-11-12-14(4)13(2)3;3*1-2/h13H,5-12H2,1-4H3;3*1-2H3. The van der Waals surface area contributed by atoms with Gasteiger partial charge in [-0.2, -0.15) is 0 Å². The largest absolute Gasteiger partial charge is 0.304 e. The van der Waals surface area contributed by atoms with E-state index < -0.39 is 0 Å². The van der Waals surface area contributed by atoms with E-state index in [4.69, 9.17) is 0 Å². The highest BCUT2D eigenvalue weighted by Crippen LogP contribution is 2.07. The smallest absolute Gasteiger partial charge is 0.00355 e. The summed E-state index contributed by atoms with van der Waals surface area (Å²) in [5, 5.41) is 0. The van der Waals surface area contributed by atoms with Gasteiger partial charge in [-0.1, -0.05) is 87.0 Å². The maximum absolute atomic E-state index is 2.44. The van der Waals surface area contributed by atoms with Gasteiger partial charge in [0.05, 0.1) is 0 Å². The van der Waals surface area contributed by atoms with Crippen molar-refractivity contribution in [2.45, 2.75) is 113 Å². The molecule has 0 atom stereocenters. The molecule has 0 N–H and O–H groups in total. The normalized spacial score (nSPS) is 9.00. The molecule has 1 nitrogen and oxygen atoms in total. The molecule has 0 saturated carbocycles. The lowest BCUT2D eigenvalue weighted by atomic mass is 10.1. The van der Waals surface area contributed by atoms with Gasteiger partial charge in [-0.25, -0.2) is 0 Å². The monoisotopic (exact) mass is 289 g/mol. The van der Waals surface area contributed by atoms with Gasteiger partial charge in [-0.15, -0.1) is 0 Å². The second kappa shape index (κ2) is 31.4. The van der Waals surface area contributed by atoms with Crippen LogP contribution in [0.2, 0.25) is 0 Å². The van der Waals surface area contributed by atoms with Crippen LogP contribution in [0.15, 0.2) is 0 Å². The molecule has 0 aromatic carbocycles. The predicted molar refractivity (Wildman–Crippen MR) is 99.8 cm³/mol. The van der Waals surface area contributed by atoms with Crippen LogP contribution in [0.3, 0.4) is 0 Å². The zero-order valence-corrected chi connectivity index (χ0v) is 16.7. The fraction of sp³-hybridized carbons (Fsp3) is 1.00. The molecule has 0 fully saturated rings. The van der Waals surface area contributed by atoms with Gasteiger partial charge in [0.2, 0.25) is 0 Å². The number of unbranched alkanes of at least 4 members (excludes halogenated alkanes) is 6. The Labute approximate surface area is 132 Å². The Kier molecular flexibility index (Phi) is 44.2. The molecule has 0 aliphatic carbocycles. The molecule has 0 amide bonds. The van der Waals surface area contributed by atoms with E-state index >= 15 is 0 Å². The summed E-state index contributed by atoms with van der Waals surface area (Å²) < 4.78 is 0. The molecule has 0 spiro atoms. The first-order valence-electron chi connectivity index (χ1n) is 9.38. The van der Waals surface area contributed by atoms with Crippen LogP contribution in [0.1, 0.15) is 107 Å². The molecule has 0 bridgehead atoms. The van der Waals surface area contributed by atoms with Crippen LogP contribution in [-0.2, 0) is 0 Å². The van der Waals surface area contributed by atoms with Gasteiger partial charge in [-0.3, -0.25) is 0 Å². The molecular weight excluding hydrogens is 242 g/mol. The Morgan fingerprint density at radius 2 is 1.00 bits per heavy atom. The lowest BCUT2D eigenvalue weighted by Crippen LogP contribution is -2.27. The average Bonchev–Trinajstić information content (AvgIpc) is 2.52. The van der Waals surface area contributed by atoms with Crippen LogP contribution in [0.25, 0.3) is 0 Å². The van der Waals surface area contributed by atoms with Gasteiger partial charge in [0.1, 0.15) is 0 Å². The van der Waals surface area contributed by atoms with Crippen molar-refractivity contribution in [1.82, 2.24) is 4.90 Å². The van der Waals surface area contributed by atoms with Gasteiger partial charge in [0, 0.05) is 6.04 Å². The fourth-order valence-electron chi connectivity index (χ4n) is 1.58. The van der Waals surface area contributed by atoms with Gasteiger partial charge < -0.3 is 4.90 Å². The Hall–Kier alpha value is -0.0400. The van der Waals surface area contributed by atoms with E-state index in [1.165, 1.54) is 51.5 Å². The molecule has 0 radical (unpaired) electrons. The zero-order chi connectivity index (χ0) is 16.8. The summed E-state index contributed by atoms with van der Waals surface area (Å²) in [5.74, 6) is 0. The number of hydrogen-bond donors (Lipinski definition) is 0. The highest BCUT2D eigenvalue weighted by molar-refractivity contribution is 4.56. The average molecular weight is 290 g/mol. The van der Waals surface area contributed by atoms with Crippen LogP contribution in [-0.4, -0.2) is 24.5 Å². The van der Waals surface area contributed by atoms with Crippen molar-refractivity contribution in [1.29, 1.82) is 0 Å². The number of hydrogen-bond acceptors (Lipinski definition) is 1. The summed E-state index contributed by atoms with van der Waals surface area (Å²) in [4.78, 5) is 2.44. The van der Waals surface area contributed by atoms with Gasteiger partial charge in [-0.05, 0) is 33.9 Å². The Balaban J connectivity index is -0.000000187. The van der Waals surface area contributed by atoms with Crippen molar-refractivity contribution in [3.63, 3.8) is 0 Å². The number of nitrogens with zero attached hydrogens (tertiary/aromatic N) is 1. The number of rotatable bonds is 9. The third-order valence-electron chi connectivity index (χ3n) is 3.00. The quantitative estimate of drug-likeness (QED) is 0.407. The van der Waals surface area contributed by atoms with Crippen LogP contribution in [0, 0.1) is 0 Å². The molecule has 0 aromatic heterocycles. The minimum Gasteiger partial charge on any atom is -0.304 e. The molecule has 0 rings (SSSR count). The second-order valence-corrected chi connectivity index (χ2v) is 4.70. The van der Waals surface area contributed by atoms with Crippen molar-refractivity contribution in [3.05, 3.63) is 0 Å². The van der Waals surface area contributed by atoms with Gasteiger partial charge in [0.15, 0.2) is 0 Å². The third-order valence-corrected chi connectivity index (χ3v) is 3.00. The highest BCUT2D eigenvalue weighted by atomic mass is 15.1. The minimum atomic E-state index is 0.704. The first-order valence-corrected chi connectivity index (χ1v) is 9.38. The minimum absolute atomic E-state index is 0.704. The molecule has 0 saturated heterocycles. The molecule has 20 heavy (non-hydrogen) atoms. The Bertz CT molecular complexity index is 110. The third kappa shape index (κ3) is 30.8. The first-order chi connectivity index (χ1) is 9.68. The van der Waals surface area contributed by atoms with E-state index in [0.717, 1.165) is 0 Å². The van der Waals surface area contributed by atoms with Crippen molar-refractivity contribution < 1.29 is 0 Å². The summed E-state index contributed by atoms with van der Waals surface area (Å²) in [6, 6.07) is 0.704. The van der Waals surface area contributed by atoms with Crippen molar-refractivity contribution in [2.24, 2.45) is 0 Å². The van der Waals surface area contributed by atoms with Crippen LogP contribution in [0.4, 0.5) is 0 Å². The molecule has 0 aromatic rings. The van der Waals surface area contributed by atoms with E-state index in [1.54, 1.807) is 0 Å². The molecule has 0 aliphatic rings. The Morgan fingerprint density at radius 1 is 0.650 bits per heavy atom. The first kappa shape index (κ1) is 28.2. The summed E-state index contributed by atoms with van der Waals surface area (Å²) in [5.41, 5.74) is 0.